The number of nitrogens with two attached hydrogens (primary N) is 1. The molecule has 5 heteroatoms. The summed E-state index contributed by atoms with van der Waals surface area (Å²) in [5.74, 6) is 0. The van der Waals surface area contributed by atoms with E-state index in [9.17, 15) is 4.79 Å². The van der Waals surface area contributed by atoms with Gasteiger partial charge in [-0.15, -0.1) is 0 Å². The molecule has 0 unspecified atom stereocenters. The third-order valence-corrected chi connectivity index (χ3v) is 2.64. The van der Waals surface area contributed by atoms with Crippen LogP contribution in [0.2, 0.25) is 0 Å². The van der Waals surface area contributed by atoms with Crippen LogP contribution >= 0.6 is 12.2 Å². The quantitative estimate of drug-likeness (QED) is 0.803. The van der Waals surface area contributed by atoms with Crippen LogP contribution in [0.1, 0.15) is 25.1 Å². The molecule has 1 rings (SSSR count). The van der Waals surface area contributed by atoms with E-state index in [1.807, 2.05) is 26.8 Å². The Morgan fingerprint density at radius 2 is 2.18 bits per heavy atom. The second-order valence-electron chi connectivity index (χ2n) is 4.13. The summed E-state index contributed by atoms with van der Waals surface area (Å²) in [6.07, 6.45) is 0.157. The molecule has 0 aliphatic rings. The van der Waals surface area contributed by atoms with E-state index in [0.29, 0.717) is 18.7 Å². The molecule has 1 aromatic heterocycles. The average molecular weight is 254 g/mol. The molecule has 0 saturated heterocycles. The first-order chi connectivity index (χ1) is 7.93. The first-order valence-electron chi connectivity index (χ1n) is 5.55. The highest BCUT2D eigenvalue weighted by molar-refractivity contribution is 7.80. The van der Waals surface area contributed by atoms with E-state index >= 15 is 0 Å². The fourth-order valence-electron chi connectivity index (χ4n) is 1.52. The van der Waals surface area contributed by atoms with Gasteiger partial charge in [0.1, 0.15) is 4.99 Å². The van der Waals surface area contributed by atoms with Crippen LogP contribution in [0.5, 0.6) is 0 Å². The second-order valence-corrected chi connectivity index (χ2v) is 4.57. The van der Waals surface area contributed by atoms with Gasteiger partial charge in [0, 0.05) is 12.2 Å². The van der Waals surface area contributed by atoms with Crippen LogP contribution in [0.25, 0.3) is 0 Å². The number of pyridine rings is 1. The molecule has 0 radical (unpaired) electrons. The summed E-state index contributed by atoms with van der Waals surface area (Å²) in [5, 5.41) is 0. The largest absolute Gasteiger partial charge is 0.389 e. The lowest BCUT2D eigenvalue weighted by atomic mass is 10.2. The third-order valence-electron chi connectivity index (χ3n) is 2.42. The number of aryl methyl sites for hydroxylation is 1. The molecule has 0 saturated carbocycles. The summed E-state index contributed by atoms with van der Waals surface area (Å²) in [4.78, 5) is 12.2. The minimum atomic E-state index is -0.148. The van der Waals surface area contributed by atoms with E-state index in [0.717, 1.165) is 5.69 Å². The van der Waals surface area contributed by atoms with E-state index in [1.165, 1.54) is 0 Å². The molecule has 0 spiro atoms. The summed E-state index contributed by atoms with van der Waals surface area (Å²) in [6.45, 7) is 6.81. The van der Waals surface area contributed by atoms with Crippen LogP contribution in [-0.4, -0.2) is 22.3 Å². The van der Waals surface area contributed by atoms with Crippen LogP contribution in [-0.2, 0) is 11.3 Å². The number of hydrogen-bond acceptors (Lipinski definition) is 3. The van der Waals surface area contributed by atoms with Gasteiger partial charge in [0.2, 0.25) is 0 Å². The molecule has 0 aliphatic carbocycles. The molecule has 4 nitrogen and oxygen atoms in total. The topological polar surface area (TPSA) is 57.2 Å². The number of thiocarbonyl (C=S) groups is 1. The molecular weight excluding hydrogens is 236 g/mol. The highest BCUT2D eigenvalue weighted by Gasteiger charge is 2.08. The zero-order chi connectivity index (χ0) is 13.0. The second kappa shape index (κ2) is 5.93. The molecule has 1 aromatic rings. The number of hydrogen-bond donors (Lipinski definition) is 1. The van der Waals surface area contributed by atoms with Gasteiger partial charge in [-0.25, -0.2) is 0 Å². The maximum Gasteiger partial charge on any atom is 0.261 e. The predicted molar refractivity (Wildman–Crippen MR) is 72.4 cm³/mol. The summed E-state index contributed by atoms with van der Waals surface area (Å²) in [5.41, 5.74) is 6.61. The molecule has 0 fully saturated rings. The lowest BCUT2D eigenvalue weighted by Crippen LogP contribution is -2.31. The van der Waals surface area contributed by atoms with Crippen LogP contribution < -0.4 is 11.3 Å². The van der Waals surface area contributed by atoms with Crippen molar-refractivity contribution < 1.29 is 4.74 Å². The normalized spacial score (nSPS) is 10.8. The minimum Gasteiger partial charge on any atom is -0.389 e. The van der Waals surface area contributed by atoms with Gasteiger partial charge < -0.3 is 15.0 Å². The molecule has 2 N–H and O–H groups in total. The SMILES string of the molecule is Cc1ccc(C(N)=S)c(=O)n1CCOC(C)C. The van der Waals surface area contributed by atoms with Gasteiger partial charge in [-0.3, -0.25) is 4.79 Å². The molecule has 0 aliphatic heterocycles. The van der Waals surface area contributed by atoms with Crippen molar-refractivity contribution in [1.82, 2.24) is 4.57 Å². The predicted octanol–water partition coefficient (Wildman–Crippen LogP) is 1.22. The van der Waals surface area contributed by atoms with E-state index in [-0.39, 0.29) is 16.7 Å². The monoisotopic (exact) mass is 254 g/mol. The molecule has 0 amide bonds. The standard InChI is InChI=1S/C12H18N2O2S/c1-8(2)16-7-6-14-9(3)4-5-10(11(13)17)12(14)15/h4-5,8H,6-7H2,1-3H3,(H2,13,17). The Bertz CT molecular complexity index is 466. The van der Waals surface area contributed by atoms with Crippen molar-refractivity contribution in [3.05, 3.63) is 33.7 Å². The molecule has 0 bridgehead atoms. The Morgan fingerprint density at radius 1 is 1.53 bits per heavy atom. The van der Waals surface area contributed by atoms with E-state index in [1.54, 1.807) is 10.6 Å². The maximum absolute atomic E-state index is 12.0. The fourth-order valence-corrected chi connectivity index (χ4v) is 1.67. The third kappa shape index (κ3) is 3.64. The van der Waals surface area contributed by atoms with Gasteiger partial charge in [-0.05, 0) is 32.9 Å². The summed E-state index contributed by atoms with van der Waals surface area (Å²) in [6, 6.07) is 3.51. The zero-order valence-electron chi connectivity index (χ0n) is 10.4. The Labute approximate surface area is 106 Å². The van der Waals surface area contributed by atoms with Gasteiger partial charge in [-0.1, -0.05) is 12.2 Å². The van der Waals surface area contributed by atoms with Gasteiger partial charge in [0.05, 0.1) is 18.3 Å². The lowest BCUT2D eigenvalue weighted by molar-refractivity contribution is 0.0719. The number of rotatable bonds is 5. The number of aromatic nitrogens is 1. The Morgan fingerprint density at radius 3 is 2.71 bits per heavy atom. The molecule has 0 aromatic carbocycles. The molecule has 1 heterocycles. The Kier molecular flexibility index (Phi) is 4.84. The van der Waals surface area contributed by atoms with Gasteiger partial charge in [0.25, 0.3) is 5.56 Å². The smallest absolute Gasteiger partial charge is 0.261 e. The number of ether oxygens (including phenoxy) is 1. The van der Waals surface area contributed by atoms with Crippen molar-refractivity contribution in [3.63, 3.8) is 0 Å². The zero-order valence-corrected chi connectivity index (χ0v) is 11.2. The van der Waals surface area contributed by atoms with Crippen molar-refractivity contribution in [2.24, 2.45) is 5.73 Å². The van der Waals surface area contributed by atoms with Crippen molar-refractivity contribution in [1.29, 1.82) is 0 Å². The highest BCUT2D eigenvalue weighted by atomic mass is 32.1. The van der Waals surface area contributed by atoms with E-state index in [2.05, 4.69) is 0 Å². The van der Waals surface area contributed by atoms with E-state index in [4.69, 9.17) is 22.7 Å². The van der Waals surface area contributed by atoms with Crippen molar-refractivity contribution in [3.8, 4) is 0 Å². The van der Waals surface area contributed by atoms with Crippen molar-refractivity contribution >= 4 is 17.2 Å². The van der Waals surface area contributed by atoms with Crippen LogP contribution in [0.15, 0.2) is 16.9 Å². The number of nitrogens with zero attached hydrogens (tertiary/aromatic N) is 1. The van der Waals surface area contributed by atoms with Crippen molar-refractivity contribution in [2.75, 3.05) is 6.61 Å². The first kappa shape index (κ1) is 13.9. The van der Waals surface area contributed by atoms with Crippen molar-refractivity contribution in [2.45, 2.75) is 33.4 Å². The molecule has 17 heavy (non-hydrogen) atoms. The van der Waals surface area contributed by atoms with Gasteiger partial charge in [0.15, 0.2) is 0 Å². The minimum absolute atomic E-state index is 0.133. The summed E-state index contributed by atoms with van der Waals surface area (Å²) in [7, 11) is 0. The summed E-state index contributed by atoms with van der Waals surface area (Å²) < 4.78 is 7.07. The van der Waals surface area contributed by atoms with Gasteiger partial charge in [-0.2, -0.15) is 0 Å². The van der Waals surface area contributed by atoms with E-state index < -0.39 is 0 Å². The summed E-state index contributed by atoms with van der Waals surface area (Å²) >= 11 is 4.84. The fraction of sp³-hybridized carbons (Fsp3) is 0.500. The lowest BCUT2D eigenvalue weighted by Gasteiger charge is -2.13. The average Bonchev–Trinajstić information content (AvgIpc) is 2.21. The molecular formula is C12H18N2O2S. The first-order valence-corrected chi connectivity index (χ1v) is 5.96. The van der Waals surface area contributed by atoms with Crippen LogP contribution in [0.4, 0.5) is 0 Å². The Hall–Kier alpha value is -1.20. The van der Waals surface area contributed by atoms with Crippen LogP contribution in [0, 0.1) is 6.92 Å². The maximum atomic E-state index is 12.0. The Balaban J connectivity index is 2.94. The highest BCUT2D eigenvalue weighted by Crippen LogP contribution is 1.99. The molecule has 0 atom stereocenters. The van der Waals surface area contributed by atoms with Gasteiger partial charge >= 0.3 is 0 Å². The molecule has 94 valence electrons. The van der Waals surface area contributed by atoms with Crippen LogP contribution in [0.3, 0.4) is 0 Å².